The van der Waals surface area contributed by atoms with Gasteiger partial charge < -0.3 is 25.7 Å². The molecule has 31 heavy (non-hydrogen) atoms. The molecule has 0 saturated carbocycles. The number of aryl methyl sites for hydroxylation is 1. The maximum atomic E-state index is 11.7. The van der Waals surface area contributed by atoms with Gasteiger partial charge in [-0.15, -0.1) is 11.3 Å². The van der Waals surface area contributed by atoms with E-state index in [0.717, 1.165) is 47.2 Å². The second-order valence-electron chi connectivity index (χ2n) is 8.27. The topological polar surface area (TPSA) is 139 Å². The number of carbonyl (C=O) groups is 1. The number of nitrogens with zero attached hydrogens (tertiary/aromatic N) is 4. The summed E-state index contributed by atoms with van der Waals surface area (Å²) in [6.07, 6.45) is 3.60. The lowest BCUT2D eigenvalue weighted by Gasteiger charge is -2.47. The van der Waals surface area contributed by atoms with Gasteiger partial charge in [0, 0.05) is 29.1 Å². The lowest BCUT2D eigenvalue weighted by atomic mass is 9.82. The van der Waals surface area contributed by atoms with Crippen molar-refractivity contribution in [2.75, 3.05) is 10.6 Å². The first-order valence-corrected chi connectivity index (χ1v) is 11.3. The van der Waals surface area contributed by atoms with E-state index in [9.17, 15) is 15.0 Å². The first kappa shape index (κ1) is 20.0. The third-order valence-electron chi connectivity index (χ3n) is 6.07. The summed E-state index contributed by atoms with van der Waals surface area (Å²) in [5.41, 5.74) is 1.47. The second-order valence-corrected chi connectivity index (χ2v) is 9.53. The highest BCUT2D eigenvalue weighted by Crippen LogP contribution is 2.36. The van der Waals surface area contributed by atoms with Crippen molar-refractivity contribution in [1.82, 2.24) is 25.1 Å². The third kappa shape index (κ3) is 3.90. The summed E-state index contributed by atoms with van der Waals surface area (Å²) < 4.78 is 0.939. The molecule has 0 spiro atoms. The fourth-order valence-corrected chi connectivity index (χ4v) is 5.72. The largest absolute Gasteiger partial charge is 0.465 e. The number of hydrogen-bond acceptors (Lipinski definition) is 8. The zero-order valence-corrected chi connectivity index (χ0v) is 17.9. The van der Waals surface area contributed by atoms with Crippen molar-refractivity contribution in [2.24, 2.45) is 0 Å². The number of nitrogens with one attached hydrogen (secondary N) is 3. The molecule has 5 rings (SSSR count). The number of rotatable bonds is 5. The number of hydrogen-bond donors (Lipinski definition) is 5. The molecule has 2 bridgehead atoms. The standard InChI is InChI=1S/C20H25N7O3S/c1-10-5-15-17(31-10)18(23-16-8-12(9-28)25-26-16)24-19(22-15)21-11-6-13-3-2-4-14(7-11)27(13)20(29)30/h5,8,11,13-14,28H,2-4,6-7,9H2,1H3,(H,29,30)(H3,21,22,23,24,25,26). The maximum Gasteiger partial charge on any atom is 0.407 e. The number of H-pyrrole nitrogens is 1. The van der Waals surface area contributed by atoms with Gasteiger partial charge in [0.1, 0.15) is 0 Å². The van der Waals surface area contributed by atoms with Crippen molar-refractivity contribution in [3.05, 3.63) is 22.7 Å². The van der Waals surface area contributed by atoms with Crippen LogP contribution in [0, 0.1) is 6.92 Å². The molecule has 164 valence electrons. The Morgan fingerprint density at radius 1 is 1.29 bits per heavy atom. The van der Waals surface area contributed by atoms with Gasteiger partial charge in [0.2, 0.25) is 5.95 Å². The van der Waals surface area contributed by atoms with Crippen LogP contribution in [0.15, 0.2) is 12.1 Å². The number of thiophene rings is 1. The molecule has 2 saturated heterocycles. The van der Waals surface area contributed by atoms with Crippen molar-refractivity contribution >= 4 is 45.2 Å². The summed E-state index contributed by atoms with van der Waals surface area (Å²) in [6, 6.07) is 4.00. The third-order valence-corrected chi connectivity index (χ3v) is 7.12. The van der Waals surface area contributed by atoms with Gasteiger partial charge in [0.15, 0.2) is 11.6 Å². The SMILES string of the molecule is Cc1cc2nc(NC3CC4CCCC(C3)N4C(=O)O)nc(Nc3cc(CO)[nH]n3)c2s1. The maximum absolute atomic E-state index is 11.7. The number of carboxylic acid groups (broad SMARTS) is 1. The number of fused-ring (bicyclic) bond motifs is 3. The molecule has 2 unspecified atom stereocenters. The highest BCUT2D eigenvalue weighted by Gasteiger charge is 2.41. The summed E-state index contributed by atoms with van der Waals surface area (Å²) in [5.74, 6) is 1.76. The number of amides is 1. The average Bonchev–Trinajstić information content (AvgIpc) is 3.32. The predicted molar refractivity (Wildman–Crippen MR) is 118 cm³/mol. The molecule has 0 radical (unpaired) electrons. The Bertz CT molecular complexity index is 1100. The summed E-state index contributed by atoms with van der Waals surface area (Å²) in [4.78, 5) is 23.9. The predicted octanol–water partition coefficient (Wildman–Crippen LogP) is 3.43. The lowest BCUT2D eigenvalue weighted by molar-refractivity contribution is 0.0385. The molecule has 5 N–H and O–H groups in total. The Morgan fingerprint density at radius 3 is 2.74 bits per heavy atom. The van der Waals surface area contributed by atoms with Crippen LogP contribution in [0.1, 0.15) is 42.7 Å². The smallest absolute Gasteiger partial charge is 0.407 e. The van der Waals surface area contributed by atoms with Crippen molar-refractivity contribution in [3.8, 4) is 0 Å². The number of aromatic amines is 1. The number of aliphatic hydroxyl groups excluding tert-OH is 1. The van der Waals surface area contributed by atoms with Gasteiger partial charge in [-0.05, 0) is 45.1 Å². The van der Waals surface area contributed by atoms with Crippen molar-refractivity contribution in [3.63, 3.8) is 0 Å². The van der Waals surface area contributed by atoms with E-state index in [1.165, 1.54) is 0 Å². The van der Waals surface area contributed by atoms with Gasteiger partial charge >= 0.3 is 6.09 Å². The van der Waals surface area contributed by atoms with Crippen LogP contribution in [0.25, 0.3) is 10.2 Å². The van der Waals surface area contributed by atoms with Crippen LogP contribution in [0.3, 0.4) is 0 Å². The fraction of sp³-hybridized carbons (Fsp3) is 0.500. The minimum atomic E-state index is -0.813. The van der Waals surface area contributed by atoms with Gasteiger partial charge in [0.05, 0.1) is 22.5 Å². The molecular formula is C20H25N7O3S. The monoisotopic (exact) mass is 443 g/mol. The highest BCUT2D eigenvalue weighted by molar-refractivity contribution is 7.19. The van der Waals surface area contributed by atoms with Crippen LogP contribution < -0.4 is 10.6 Å². The van der Waals surface area contributed by atoms with Crippen LogP contribution in [0.5, 0.6) is 0 Å². The number of anilines is 3. The Hall–Kier alpha value is -2.92. The fourth-order valence-electron chi connectivity index (χ4n) is 4.82. The second kappa shape index (κ2) is 7.97. The molecule has 11 heteroatoms. The summed E-state index contributed by atoms with van der Waals surface area (Å²) in [5, 5.41) is 32.5. The first-order valence-electron chi connectivity index (χ1n) is 10.5. The zero-order chi connectivity index (χ0) is 21.5. The molecule has 5 heterocycles. The Morgan fingerprint density at radius 2 is 2.06 bits per heavy atom. The minimum absolute atomic E-state index is 0.0492. The van der Waals surface area contributed by atoms with Crippen LogP contribution in [-0.2, 0) is 6.61 Å². The lowest BCUT2D eigenvalue weighted by Crippen LogP contribution is -2.56. The number of piperidine rings is 2. The molecule has 0 aliphatic carbocycles. The minimum Gasteiger partial charge on any atom is -0.465 e. The van der Waals surface area contributed by atoms with E-state index in [1.54, 1.807) is 22.3 Å². The Labute approximate surface area is 182 Å². The molecule has 2 atom stereocenters. The molecule has 3 aromatic heterocycles. The molecule has 2 aliphatic rings. The van der Waals surface area contributed by atoms with Gasteiger partial charge in [-0.25, -0.2) is 9.78 Å². The van der Waals surface area contributed by atoms with Crippen LogP contribution in [0.2, 0.25) is 0 Å². The molecule has 2 fully saturated rings. The van der Waals surface area contributed by atoms with E-state index in [0.29, 0.717) is 23.3 Å². The van der Waals surface area contributed by atoms with Gasteiger partial charge in [-0.1, -0.05) is 0 Å². The Balaban J connectivity index is 1.40. The van der Waals surface area contributed by atoms with Crippen LogP contribution >= 0.6 is 11.3 Å². The molecule has 1 amide bonds. The van der Waals surface area contributed by atoms with Crippen LogP contribution in [0.4, 0.5) is 22.4 Å². The van der Waals surface area contributed by atoms with E-state index in [-0.39, 0.29) is 24.7 Å². The molecule has 2 aliphatic heterocycles. The molecule has 0 aromatic carbocycles. The molecular weight excluding hydrogens is 418 g/mol. The van der Waals surface area contributed by atoms with Crippen molar-refractivity contribution < 1.29 is 15.0 Å². The van der Waals surface area contributed by atoms with Crippen molar-refractivity contribution in [2.45, 2.75) is 63.8 Å². The number of aromatic nitrogens is 4. The normalized spacial score (nSPS) is 23.2. The van der Waals surface area contributed by atoms with E-state index in [2.05, 4.69) is 20.8 Å². The molecule has 10 nitrogen and oxygen atoms in total. The first-order chi connectivity index (χ1) is 15.0. The average molecular weight is 444 g/mol. The molecule has 3 aromatic rings. The van der Waals surface area contributed by atoms with Gasteiger partial charge in [0.25, 0.3) is 0 Å². The van der Waals surface area contributed by atoms with E-state index < -0.39 is 6.09 Å². The Kier molecular flexibility index (Phi) is 5.14. The summed E-state index contributed by atoms with van der Waals surface area (Å²) in [6.45, 7) is 1.92. The zero-order valence-electron chi connectivity index (χ0n) is 17.1. The van der Waals surface area contributed by atoms with E-state index in [1.807, 2.05) is 13.0 Å². The highest BCUT2D eigenvalue weighted by atomic mass is 32.1. The summed E-state index contributed by atoms with van der Waals surface area (Å²) in [7, 11) is 0. The van der Waals surface area contributed by atoms with Gasteiger partial charge in [-0.2, -0.15) is 10.1 Å². The van der Waals surface area contributed by atoms with E-state index >= 15 is 0 Å². The summed E-state index contributed by atoms with van der Waals surface area (Å²) >= 11 is 1.61. The van der Waals surface area contributed by atoms with Crippen LogP contribution in [-0.4, -0.2) is 59.5 Å². The quantitative estimate of drug-likeness (QED) is 0.404. The van der Waals surface area contributed by atoms with E-state index in [4.69, 9.17) is 9.97 Å². The van der Waals surface area contributed by atoms with Crippen molar-refractivity contribution in [1.29, 1.82) is 0 Å². The van der Waals surface area contributed by atoms with Gasteiger partial charge in [-0.3, -0.25) is 5.10 Å². The number of aliphatic hydroxyl groups is 1.